The molecule has 38 heavy (non-hydrogen) atoms. The molecule has 7 nitrogen and oxygen atoms in total. The van der Waals surface area contributed by atoms with Gasteiger partial charge >= 0.3 is 0 Å². The van der Waals surface area contributed by atoms with Gasteiger partial charge in [0.1, 0.15) is 6.54 Å². The predicted octanol–water partition coefficient (Wildman–Crippen LogP) is 5.76. The molecule has 0 unspecified atom stereocenters. The molecule has 0 heterocycles. The topological polar surface area (TPSA) is 82.1 Å². The fourth-order valence-corrected chi connectivity index (χ4v) is 5.46. The number of aryl methyl sites for hydroxylation is 1. The minimum Gasteiger partial charge on any atom is -0.345 e. The first-order valence-electron chi connectivity index (χ1n) is 11.8. The Bertz CT molecular complexity index is 1530. The van der Waals surface area contributed by atoms with Crippen molar-refractivity contribution in [3.8, 4) is 0 Å². The maximum atomic E-state index is 13.5. The highest BCUT2D eigenvalue weighted by Crippen LogP contribution is 2.29. The predicted molar refractivity (Wildman–Crippen MR) is 154 cm³/mol. The van der Waals surface area contributed by atoms with Gasteiger partial charge < -0.3 is 4.90 Å². The van der Waals surface area contributed by atoms with Crippen LogP contribution in [-0.2, 0) is 14.8 Å². The lowest BCUT2D eigenvalue weighted by Crippen LogP contribution is -2.40. The van der Waals surface area contributed by atoms with Gasteiger partial charge in [0.15, 0.2) is 0 Å². The molecule has 0 aromatic heterocycles. The molecule has 4 aromatic carbocycles. The summed E-state index contributed by atoms with van der Waals surface area (Å²) in [7, 11) is -2.06. The van der Waals surface area contributed by atoms with Gasteiger partial charge in [-0.1, -0.05) is 66.2 Å². The van der Waals surface area contributed by atoms with E-state index in [2.05, 4.69) is 15.4 Å². The zero-order valence-electron chi connectivity index (χ0n) is 21.0. The average molecular weight is 547 g/mol. The number of nitrogens with zero attached hydrogens (tertiary/aromatic N) is 3. The minimum absolute atomic E-state index is 0.0660. The first-order valence-corrected chi connectivity index (χ1v) is 13.6. The maximum Gasteiger partial charge on any atom is 0.264 e. The van der Waals surface area contributed by atoms with Crippen LogP contribution in [0.4, 0.5) is 17.1 Å². The van der Waals surface area contributed by atoms with Crippen LogP contribution in [0.15, 0.2) is 113 Å². The molecule has 0 aliphatic carbocycles. The Labute approximate surface area is 228 Å². The molecule has 0 bridgehead atoms. The molecular formula is C29H27ClN4O3S. The lowest BCUT2D eigenvalue weighted by molar-refractivity contribution is -0.119. The van der Waals surface area contributed by atoms with Gasteiger partial charge in [-0.2, -0.15) is 5.10 Å². The number of nitrogens with one attached hydrogen (secondary N) is 1. The number of anilines is 3. The summed E-state index contributed by atoms with van der Waals surface area (Å²) in [5, 5.41) is 4.39. The molecule has 0 spiro atoms. The number of benzene rings is 4. The molecule has 1 N–H and O–H groups in total. The number of carbonyl (C=O) groups excluding carboxylic acids is 1. The van der Waals surface area contributed by atoms with Gasteiger partial charge in [-0.25, -0.2) is 13.8 Å². The third-order valence-corrected chi connectivity index (χ3v) is 7.89. The van der Waals surface area contributed by atoms with E-state index < -0.39 is 22.5 Å². The quantitative estimate of drug-likeness (QED) is 0.214. The summed E-state index contributed by atoms with van der Waals surface area (Å²) < 4.78 is 28.0. The Morgan fingerprint density at radius 2 is 1.50 bits per heavy atom. The summed E-state index contributed by atoms with van der Waals surface area (Å²) in [5.41, 5.74) is 6.24. The second-order valence-corrected chi connectivity index (χ2v) is 10.8. The molecule has 0 atom stereocenters. The molecule has 1 amide bonds. The van der Waals surface area contributed by atoms with Crippen molar-refractivity contribution in [3.63, 3.8) is 0 Å². The van der Waals surface area contributed by atoms with Crippen LogP contribution < -0.4 is 14.6 Å². The lowest BCUT2D eigenvalue weighted by Gasteiger charge is -2.25. The lowest BCUT2D eigenvalue weighted by atomic mass is 10.2. The van der Waals surface area contributed by atoms with Gasteiger partial charge in [-0.3, -0.25) is 9.10 Å². The van der Waals surface area contributed by atoms with Gasteiger partial charge in [0, 0.05) is 23.4 Å². The Kier molecular flexibility index (Phi) is 8.45. The average Bonchev–Trinajstić information content (AvgIpc) is 2.94. The molecule has 0 radical (unpaired) electrons. The van der Waals surface area contributed by atoms with Crippen molar-refractivity contribution in [1.82, 2.24) is 5.43 Å². The van der Waals surface area contributed by atoms with Crippen molar-refractivity contribution in [2.75, 3.05) is 22.8 Å². The highest BCUT2D eigenvalue weighted by Gasteiger charge is 2.28. The summed E-state index contributed by atoms with van der Waals surface area (Å²) in [6.07, 6.45) is 1.50. The van der Waals surface area contributed by atoms with E-state index in [1.54, 1.807) is 37.3 Å². The van der Waals surface area contributed by atoms with E-state index in [1.165, 1.54) is 24.4 Å². The standard InChI is InChI=1S/C29H27ClN4O3S/c1-22-13-16-24(30)19-28(22)34(38(36,37)27-11-7-4-8-12-27)21-29(35)32-31-20-23-14-17-26(18-15-23)33(2)25-9-5-3-6-10-25/h3-20H,21H2,1-2H3,(H,32,35). The fraction of sp³-hybridized carbons (Fsp3) is 0.103. The van der Waals surface area contributed by atoms with E-state index in [9.17, 15) is 13.2 Å². The minimum atomic E-state index is -4.04. The third-order valence-electron chi connectivity index (χ3n) is 5.89. The van der Waals surface area contributed by atoms with Crippen molar-refractivity contribution in [1.29, 1.82) is 0 Å². The normalized spacial score (nSPS) is 11.3. The number of hydrogen-bond donors (Lipinski definition) is 1. The summed E-state index contributed by atoms with van der Waals surface area (Å²) >= 11 is 6.16. The van der Waals surface area contributed by atoms with Crippen LogP contribution in [0.5, 0.6) is 0 Å². The number of carbonyl (C=O) groups is 1. The fourth-order valence-electron chi connectivity index (χ4n) is 3.80. The molecule has 0 aliphatic heterocycles. The number of hydrogen-bond acceptors (Lipinski definition) is 5. The molecule has 194 valence electrons. The zero-order chi connectivity index (χ0) is 27.1. The SMILES string of the molecule is Cc1ccc(Cl)cc1N(CC(=O)NN=Cc1ccc(N(C)c2ccccc2)cc1)S(=O)(=O)c1ccccc1. The van der Waals surface area contributed by atoms with Gasteiger partial charge in [-0.15, -0.1) is 0 Å². The summed E-state index contributed by atoms with van der Waals surface area (Å²) in [6.45, 7) is 1.28. The van der Waals surface area contributed by atoms with Gasteiger partial charge in [0.2, 0.25) is 0 Å². The van der Waals surface area contributed by atoms with Crippen LogP contribution in [0.2, 0.25) is 5.02 Å². The molecule has 0 aliphatic rings. The largest absolute Gasteiger partial charge is 0.345 e. The Morgan fingerprint density at radius 3 is 2.16 bits per heavy atom. The Hall–Kier alpha value is -4.14. The molecule has 0 saturated carbocycles. The van der Waals surface area contributed by atoms with Crippen LogP contribution in [0.1, 0.15) is 11.1 Å². The molecule has 4 aromatic rings. The molecule has 9 heteroatoms. The Morgan fingerprint density at radius 1 is 0.895 bits per heavy atom. The summed E-state index contributed by atoms with van der Waals surface area (Å²) in [4.78, 5) is 14.9. The second kappa shape index (κ2) is 11.9. The van der Waals surface area contributed by atoms with E-state index in [4.69, 9.17) is 11.6 Å². The Balaban J connectivity index is 1.48. The molecule has 0 saturated heterocycles. The van der Waals surface area contributed by atoms with Gasteiger partial charge in [0.25, 0.3) is 15.9 Å². The van der Waals surface area contributed by atoms with E-state index in [1.807, 2.05) is 61.6 Å². The van der Waals surface area contributed by atoms with Crippen molar-refractivity contribution in [3.05, 3.63) is 119 Å². The first kappa shape index (κ1) is 26.9. The third kappa shape index (κ3) is 6.40. The summed E-state index contributed by atoms with van der Waals surface area (Å²) in [5.74, 6) is -0.597. The highest BCUT2D eigenvalue weighted by atomic mass is 35.5. The highest BCUT2D eigenvalue weighted by molar-refractivity contribution is 7.92. The van der Waals surface area contributed by atoms with Crippen molar-refractivity contribution < 1.29 is 13.2 Å². The molecule has 4 rings (SSSR count). The van der Waals surface area contributed by atoms with Crippen LogP contribution in [0.3, 0.4) is 0 Å². The van der Waals surface area contributed by atoms with Crippen LogP contribution in [0, 0.1) is 6.92 Å². The smallest absolute Gasteiger partial charge is 0.264 e. The number of halogens is 1. The van der Waals surface area contributed by atoms with E-state index in [0.29, 0.717) is 16.3 Å². The summed E-state index contributed by atoms with van der Waals surface area (Å²) in [6, 6.07) is 30.5. The number of rotatable bonds is 9. The van der Waals surface area contributed by atoms with E-state index in [-0.39, 0.29) is 4.90 Å². The first-order chi connectivity index (χ1) is 18.3. The maximum absolute atomic E-state index is 13.5. The van der Waals surface area contributed by atoms with Crippen LogP contribution in [-0.4, -0.2) is 34.1 Å². The number of sulfonamides is 1. The number of amides is 1. The number of hydrazone groups is 1. The van der Waals surface area contributed by atoms with Crippen molar-refractivity contribution >= 4 is 50.8 Å². The van der Waals surface area contributed by atoms with Crippen molar-refractivity contribution in [2.24, 2.45) is 5.10 Å². The molecular weight excluding hydrogens is 520 g/mol. The van der Waals surface area contributed by atoms with Crippen LogP contribution in [0.25, 0.3) is 0 Å². The van der Waals surface area contributed by atoms with Gasteiger partial charge in [0.05, 0.1) is 16.8 Å². The van der Waals surface area contributed by atoms with E-state index in [0.717, 1.165) is 21.2 Å². The zero-order valence-corrected chi connectivity index (χ0v) is 22.5. The molecule has 0 fully saturated rings. The van der Waals surface area contributed by atoms with Crippen molar-refractivity contribution in [2.45, 2.75) is 11.8 Å². The van der Waals surface area contributed by atoms with E-state index >= 15 is 0 Å². The van der Waals surface area contributed by atoms with Gasteiger partial charge in [-0.05, 0) is 66.6 Å². The monoisotopic (exact) mass is 546 g/mol. The second-order valence-electron chi connectivity index (χ2n) is 8.53. The number of para-hydroxylation sites is 1. The van der Waals surface area contributed by atoms with Crippen LogP contribution >= 0.6 is 11.6 Å².